The molecule has 3 aromatic carbocycles. The van der Waals surface area contributed by atoms with Crippen LogP contribution >= 0.6 is 0 Å². The summed E-state index contributed by atoms with van der Waals surface area (Å²) >= 11 is 0. The first-order valence-electron chi connectivity index (χ1n) is 13.2. The molecular formula is C32H31N5O3. The van der Waals surface area contributed by atoms with Gasteiger partial charge in [0.2, 0.25) is 0 Å². The molecule has 2 amide bonds. The minimum absolute atomic E-state index is 0.231. The van der Waals surface area contributed by atoms with Crippen LogP contribution in [0, 0.1) is 13.8 Å². The molecule has 1 aliphatic heterocycles. The van der Waals surface area contributed by atoms with Crippen molar-refractivity contribution in [3.8, 4) is 23.0 Å². The van der Waals surface area contributed by atoms with Gasteiger partial charge in [0.15, 0.2) is 11.5 Å². The Morgan fingerprint density at radius 2 is 1.65 bits per heavy atom. The maximum Gasteiger partial charge on any atom is 0.322 e. The zero-order valence-corrected chi connectivity index (χ0v) is 23.0. The second-order valence-electron chi connectivity index (χ2n) is 9.88. The number of fused-ring (bicyclic) bond motifs is 3. The summed E-state index contributed by atoms with van der Waals surface area (Å²) < 4.78 is 15.0. The molecule has 0 radical (unpaired) electrons. The van der Waals surface area contributed by atoms with Gasteiger partial charge < -0.3 is 24.3 Å². The van der Waals surface area contributed by atoms with Crippen LogP contribution in [0.25, 0.3) is 11.5 Å². The standard InChI is InChI=1S/C32H31N5O3/c1-21-12-14-23(15-13-21)30-27-11-8-18-35(27)31-26(22(2)34-37(31)25-9-6-5-7-10-25)20-36(30)32(38)33-24-16-17-28(39-3)29(19-24)40-4/h5-19,30H,20H2,1-4H3,(H,33,38)/t30-/m1/s1. The number of hydrogen-bond donors (Lipinski definition) is 1. The van der Waals surface area contributed by atoms with Gasteiger partial charge in [-0.15, -0.1) is 0 Å². The first kappa shape index (κ1) is 25.3. The smallest absolute Gasteiger partial charge is 0.322 e. The molecular weight excluding hydrogens is 502 g/mol. The number of urea groups is 1. The quantitative estimate of drug-likeness (QED) is 0.282. The van der Waals surface area contributed by atoms with Crippen LogP contribution in [0.5, 0.6) is 11.5 Å². The zero-order valence-electron chi connectivity index (χ0n) is 23.0. The van der Waals surface area contributed by atoms with Crippen LogP contribution in [0.15, 0.2) is 91.1 Å². The fourth-order valence-corrected chi connectivity index (χ4v) is 5.36. The lowest BCUT2D eigenvalue weighted by molar-refractivity contribution is 0.194. The Balaban J connectivity index is 1.50. The molecule has 202 valence electrons. The van der Waals surface area contributed by atoms with Gasteiger partial charge in [-0.05, 0) is 55.8 Å². The molecule has 1 N–H and O–H groups in total. The number of nitrogens with one attached hydrogen (secondary N) is 1. The van der Waals surface area contributed by atoms with E-state index in [1.807, 2.05) is 65.2 Å². The number of hydrogen-bond acceptors (Lipinski definition) is 4. The molecule has 0 bridgehead atoms. The Labute approximate surface area is 233 Å². The van der Waals surface area contributed by atoms with E-state index in [4.69, 9.17) is 14.6 Å². The van der Waals surface area contributed by atoms with Crippen molar-refractivity contribution in [3.05, 3.63) is 119 Å². The molecule has 0 aliphatic carbocycles. The summed E-state index contributed by atoms with van der Waals surface area (Å²) in [5, 5.41) is 8.02. The Morgan fingerprint density at radius 3 is 2.38 bits per heavy atom. The number of amides is 2. The molecule has 2 aromatic heterocycles. The molecule has 0 saturated heterocycles. The monoisotopic (exact) mass is 533 g/mol. The molecule has 0 spiro atoms. The van der Waals surface area contributed by atoms with Crippen LogP contribution in [0.2, 0.25) is 0 Å². The molecule has 5 aromatic rings. The second kappa shape index (κ2) is 10.3. The van der Waals surface area contributed by atoms with Crippen LogP contribution in [-0.2, 0) is 6.54 Å². The average Bonchev–Trinajstić information content (AvgIpc) is 3.54. The third-order valence-corrected chi connectivity index (χ3v) is 7.38. The molecule has 8 nitrogen and oxygen atoms in total. The molecule has 40 heavy (non-hydrogen) atoms. The average molecular weight is 534 g/mol. The third-order valence-electron chi connectivity index (χ3n) is 7.38. The highest BCUT2D eigenvalue weighted by Crippen LogP contribution is 2.39. The molecule has 1 atom stereocenters. The van der Waals surface area contributed by atoms with Crippen LogP contribution in [-0.4, -0.2) is 39.5 Å². The van der Waals surface area contributed by atoms with E-state index in [1.54, 1.807) is 26.4 Å². The van der Waals surface area contributed by atoms with E-state index >= 15 is 0 Å². The second-order valence-corrected chi connectivity index (χ2v) is 9.88. The molecule has 6 rings (SSSR count). The summed E-state index contributed by atoms with van der Waals surface area (Å²) in [6.07, 6.45) is 2.05. The maximum absolute atomic E-state index is 14.2. The lowest BCUT2D eigenvalue weighted by Crippen LogP contribution is -2.38. The number of aryl methyl sites for hydroxylation is 2. The third kappa shape index (κ3) is 4.37. The number of benzene rings is 3. The Hall–Kier alpha value is -4.98. The summed E-state index contributed by atoms with van der Waals surface area (Å²) in [4.78, 5) is 16.0. The normalized spacial score (nSPS) is 14.2. The van der Waals surface area contributed by atoms with Gasteiger partial charge in [0.25, 0.3) is 0 Å². The van der Waals surface area contributed by atoms with E-state index in [2.05, 4.69) is 47.1 Å². The minimum atomic E-state index is -0.341. The van der Waals surface area contributed by atoms with Gasteiger partial charge in [-0.1, -0.05) is 48.0 Å². The van der Waals surface area contributed by atoms with Crippen molar-refractivity contribution in [3.63, 3.8) is 0 Å². The summed E-state index contributed by atoms with van der Waals surface area (Å²) in [6, 6.07) is 27.3. The van der Waals surface area contributed by atoms with E-state index < -0.39 is 0 Å². The molecule has 0 saturated carbocycles. The summed E-state index contributed by atoms with van der Waals surface area (Å²) in [5.41, 5.74) is 6.58. The highest BCUT2D eigenvalue weighted by molar-refractivity contribution is 5.90. The van der Waals surface area contributed by atoms with Gasteiger partial charge in [-0.3, -0.25) is 0 Å². The van der Waals surface area contributed by atoms with E-state index in [0.717, 1.165) is 39.6 Å². The van der Waals surface area contributed by atoms with Crippen molar-refractivity contribution in [1.29, 1.82) is 0 Å². The van der Waals surface area contributed by atoms with Crippen molar-refractivity contribution in [2.24, 2.45) is 0 Å². The van der Waals surface area contributed by atoms with E-state index in [9.17, 15) is 4.79 Å². The predicted molar refractivity (Wildman–Crippen MR) is 155 cm³/mol. The number of rotatable bonds is 5. The first-order valence-corrected chi connectivity index (χ1v) is 13.2. The fourth-order valence-electron chi connectivity index (χ4n) is 5.36. The number of carbonyl (C=O) groups excluding carboxylic acids is 1. The van der Waals surface area contributed by atoms with E-state index in [0.29, 0.717) is 23.7 Å². The number of nitrogens with zero attached hydrogens (tertiary/aromatic N) is 4. The molecule has 3 heterocycles. The Morgan fingerprint density at radius 1 is 0.900 bits per heavy atom. The van der Waals surface area contributed by atoms with Gasteiger partial charge >= 0.3 is 6.03 Å². The van der Waals surface area contributed by atoms with E-state index in [-0.39, 0.29) is 12.1 Å². The highest BCUT2D eigenvalue weighted by Gasteiger charge is 2.36. The molecule has 1 aliphatic rings. The zero-order chi connectivity index (χ0) is 27.8. The van der Waals surface area contributed by atoms with Gasteiger partial charge in [-0.25, -0.2) is 9.48 Å². The SMILES string of the molecule is COc1ccc(NC(=O)N2Cc3c(C)nn(-c4ccccc4)c3-n3cccc3[C@H]2c2ccc(C)cc2)cc1OC. The van der Waals surface area contributed by atoms with Gasteiger partial charge in [0.05, 0.1) is 43.9 Å². The lowest BCUT2D eigenvalue weighted by atomic mass is 10.0. The first-order chi connectivity index (χ1) is 19.5. The summed E-state index contributed by atoms with van der Waals surface area (Å²) in [5.74, 6) is 2.07. The van der Waals surface area contributed by atoms with Gasteiger partial charge in [-0.2, -0.15) is 5.10 Å². The maximum atomic E-state index is 14.2. The number of methoxy groups -OCH3 is 2. The van der Waals surface area contributed by atoms with Crippen LogP contribution in [0.3, 0.4) is 0 Å². The molecule has 0 unspecified atom stereocenters. The number of para-hydroxylation sites is 1. The number of aromatic nitrogens is 3. The van der Waals surface area contributed by atoms with E-state index in [1.165, 1.54) is 0 Å². The Bertz CT molecular complexity index is 1670. The van der Waals surface area contributed by atoms with Crippen molar-refractivity contribution in [1.82, 2.24) is 19.2 Å². The number of ether oxygens (including phenoxy) is 2. The van der Waals surface area contributed by atoms with Crippen molar-refractivity contribution in [2.75, 3.05) is 19.5 Å². The topological polar surface area (TPSA) is 73.5 Å². The number of anilines is 1. The summed E-state index contributed by atoms with van der Waals surface area (Å²) in [7, 11) is 3.17. The fraction of sp³-hybridized carbons (Fsp3) is 0.188. The van der Waals surface area contributed by atoms with Crippen molar-refractivity contribution >= 4 is 11.7 Å². The number of carbonyl (C=O) groups is 1. The lowest BCUT2D eigenvalue weighted by Gasteiger charge is -2.31. The minimum Gasteiger partial charge on any atom is -0.493 e. The van der Waals surface area contributed by atoms with Crippen LogP contribution < -0.4 is 14.8 Å². The predicted octanol–water partition coefficient (Wildman–Crippen LogP) is 6.43. The van der Waals surface area contributed by atoms with Crippen LogP contribution in [0.4, 0.5) is 10.5 Å². The molecule has 0 fully saturated rings. The largest absolute Gasteiger partial charge is 0.493 e. The molecule has 8 heteroatoms. The summed E-state index contributed by atoms with van der Waals surface area (Å²) in [6.45, 7) is 4.43. The van der Waals surface area contributed by atoms with Crippen LogP contribution in [0.1, 0.15) is 34.1 Å². The highest BCUT2D eigenvalue weighted by atomic mass is 16.5. The van der Waals surface area contributed by atoms with Gasteiger partial charge in [0.1, 0.15) is 5.82 Å². The van der Waals surface area contributed by atoms with Crippen molar-refractivity contribution < 1.29 is 14.3 Å². The van der Waals surface area contributed by atoms with Crippen molar-refractivity contribution in [2.45, 2.75) is 26.4 Å². The Kier molecular flexibility index (Phi) is 6.51. The van der Waals surface area contributed by atoms with Gasteiger partial charge in [0, 0.05) is 23.5 Å².